The van der Waals surface area contributed by atoms with Gasteiger partial charge in [-0.3, -0.25) is 14.9 Å². The zero-order valence-corrected chi connectivity index (χ0v) is 20.5. The molecule has 0 bridgehead atoms. The Morgan fingerprint density at radius 2 is 1.94 bits per heavy atom. The highest BCUT2D eigenvalue weighted by Crippen LogP contribution is 2.33. The van der Waals surface area contributed by atoms with Gasteiger partial charge in [0, 0.05) is 12.1 Å². The summed E-state index contributed by atoms with van der Waals surface area (Å²) < 4.78 is 20.9. The molecule has 0 unspecified atom stereocenters. The molecule has 3 rings (SSSR count). The van der Waals surface area contributed by atoms with Crippen molar-refractivity contribution in [2.75, 3.05) is 5.32 Å². The quantitative estimate of drug-likeness (QED) is 0.111. The molecule has 0 aliphatic rings. The van der Waals surface area contributed by atoms with Gasteiger partial charge in [0.2, 0.25) is 0 Å². The molecule has 0 spiro atoms. The number of amides is 1. The SMILES string of the molecule is N#C/C(=C/c1cc(Br)c(OCc2ccc([N+](=O)[O-])cc2)c(I)c1)C(=O)Nc1ccccc1F. The second-order valence-electron chi connectivity index (χ2n) is 6.63. The summed E-state index contributed by atoms with van der Waals surface area (Å²) >= 11 is 5.49. The first-order valence-corrected chi connectivity index (χ1v) is 11.2. The number of anilines is 1. The normalized spacial score (nSPS) is 10.9. The van der Waals surface area contributed by atoms with Gasteiger partial charge in [-0.05, 0) is 92.1 Å². The van der Waals surface area contributed by atoms with Gasteiger partial charge in [0.1, 0.15) is 29.8 Å². The van der Waals surface area contributed by atoms with Gasteiger partial charge in [0.05, 0.1) is 18.7 Å². The number of rotatable bonds is 7. The van der Waals surface area contributed by atoms with E-state index in [-0.39, 0.29) is 23.6 Å². The first-order chi connectivity index (χ1) is 15.8. The summed E-state index contributed by atoms with van der Waals surface area (Å²) in [6.45, 7) is 0.191. The fourth-order valence-corrected chi connectivity index (χ4v) is 4.51. The number of non-ortho nitro benzene ring substituents is 1. The van der Waals surface area contributed by atoms with E-state index < -0.39 is 16.6 Å². The van der Waals surface area contributed by atoms with E-state index in [1.807, 2.05) is 6.07 Å². The molecule has 0 saturated heterocycles. The third-order valence-electron chi connectivity index (χ3n) is 4.35. The van der Waals surface area contributed by atoms with Crippen molar-refractivity contribution in [2.45, 2.75) is 6.61 Å². The van der Waals surface area contributed by atoms with Crippen LogP contribution >= 0.6 is 38.5 Å². The van der Waals surface area contributed by atoms with Crippen LogP contribution in [0.2, 0.25) is 0 Å². The predicted octanol–water partition coefficient (Wildman–Crippen LogP) is 6.23. The van der Waals surface area contributed by atoms with Crippen LogP contribution in [0.5, 0.6) is 5.75 Å². The molecule has 7 nitrogen and oxygen atoms in total. The molecular weight excluding hydrogens is 608 g/mol. The Morgan fingerprint density at radius 1 is 1.24 bits per heavy atom. The average Bonchev–Trinajstić information content (AvgIpc) is 2.78. The standard InChI is InChI=1S/C23H14BrFIN3O4/c24-18-10-15(9-16(12-27)23(30)28-21-4-2-1-3-19(21)25)11-20(26)22(18)33-13-14-5-7-17(8-6-14)29(31)32/h1-11H,13H2,(H,28,30)/b16-9-. The number of nitrogens with zero attached hydrogens (tertiary/aromatic N) is 2. The number of carbonyl (C=O) groups excluding carboxylic acids is 1. The first kappa shape index (κ1) is 24.3. The van der Waals surface area contributed by atoms with Gasteiger partial charge in [-0.25, -0.2) is 4.39 Å². The molecule has 166 valence electrons. The van der Waals surface area contributed by atoms with Crippen molar-refractivity contribution in [2.24, 2.45) is 0 Å². The maximum Gasteiger partial charge on any atom is 0.269 e. The lowest BCUT2D eigenvalue weighted by Gasteiger charge is -2.12. The van der Waals surface area contributed by atoms with Crippen molar-refractivity contribution in [3.63, 3.8) is 0 Å². The van der Waals surface area contributed by atoms with Crippen LogP contribution in [0, 0.1) is 30.8 Å². The van der Waals surface area contributed by atoms with Gasteiger partial charge in [-0.1, -0.05) is 12.1 Å². The van der Waals surface area contributed by atoms with Gasteiger partial charge in [-0.15, -0.1) is 0 Å². The lowest BCUT2D eigenvalue weighted by Crippen LogP contribution is -2.14. The minimum atomic E-state index is -0.729. The van der Waals surface area contributed by atoms with Gasteiger partial charge in [0.15, 0.2) is 0 Å². The summed E-state index contributed by atoms with van der Waals surface area (Å²) in [6.07, 6.45) is 1.39. The monoisotopic (exact) mass is 621 g/mol. The summed E-state index contributed by atoms with van der Waals surface area (Å²) in [5.74, 6) is -0.789. The van der Waals surface area contributed by atoms with E-state index in [0.29, 0.717) is 19.4 Å². The van der Waals surface area contributed by atoms with E-state index in [1.165, 1.54) is 36.4 Å². The molecule has 0 heterocycles. The zero-order chi connectivity index (χ0) is 24.0. The molecule has 33 heavy (non-hydrogen) atoms. The molecule has 0 aromatic heterocycles. The Bertz CT molecular complexity index is 1270. The molecule has 10 heteroatoms. The average molecular weight is 622 g/mol. The van der Waals surface area contributed by atoms with E-state index >= 15 is 0 Å². The van der Waals surface area contributed by atoms with E-state index in [0.717, 1.165) is 5.56 Å². The Kier molecular flexibility index (Phi) is 8.13. The lowest BCUT2D eigenvalue weighted by molar-refractivity contribution is -0.384. The number of para-hydroxylation sites is 1. The first-order valence-electron chi connectivity index (χ1n) is 9.31. The summed E-state index contributed by atoms with van der Waals surface area (Å²) in [5, 5.41) is 22.6. The van der Waals surface area contributed by atoms with Gasteiger partial charge >= 0.3 is 0 Å². The van der Waals surface area contributed by atoms with Crippen LogP contribution in [0.25, 0.3) is 6.08 Å². The van der Waals surface area contributed by atoms with Crippen molar-refractivity contribution in [1.82, 2.24) is 0 Å². The van der Waals surface area contributed by atoms with Crippen molar-refractivity contribution >= 4 is 61.9 Å². The molecule has 1 N–H and O–H groups in total. The number of nitrogens with one attached hydrogen (secondary N) is 1. The Hall–Kier alpha value is -3.30. The van der Waals surface area contributed by atoms with Crippen molar-refractivity contribution in [3.8, 4) is 11.8 Å². The number of nitro groups is 1. The van der Waals surface area contributed by atoms with Crippen LogP contribution in [0.3, 0.4) is 0 Å². The number of halogens is 3. The highest BCUT2D eigenvalue weighted by Gasteiger charge is 2.14. The van der Waals surface area contributed by atoms with Crippen LogP contribution in [-0.2, 0) is 11.4 Å². The number of nitro benzene ring substituents is 1. The maximum absolute atomic E-state index is 13.8. The molecule has 0 fully saturated rings. The van der Waals surface area contributed by atoms with Crippen LogP contribution in [0.1, 0.15) is 11.1 Å². The molecular formula is C23H14BrFIN3O4. The fraction of sp³-hybridized carbons (Fsp3) is 0.0435. The van der Waals surface area contributed by atoms with Crippen LogP contribution in [0.4, 0.5) is 15.8 Å². The number of nitriles is 1. The molecule has 1 amide bonds. The Morgan fingerprint density at radius 3 is 2.55 bits per heavy atom. The summed E-state index contributed by atoms with van der Waals surface area (Å²) in [6, 6.07) is 17.0. The van der Waals surface area contributed by atoms with Crippen LogP contribution in [-0.4, -0.2) is 10.8 Å². The summed E-state index contributed by atoms with van der Waals surface area (Å²) in [5.41, 5.74) is 1.10. The fourth-order valence-electron chi connectivity index (χ4n) is 2.74. The van der Waals surface area contributed by atoms with Gasteiger partial charge < -0.3 is 10.1 Å². The van der Waals surface area contributed by atoms with E-state index in [9.17, 15) is 24.6 Å². The number of hydrogen-bond donors (Lipinski definition) is 1. The number of hydrogen-bond acceptors (Lipinski definition) is 5. The zero-order valence-electron chi connectivity index (χ0n) is 16.7. The minimum absolute atomic E-state index is 0.00186. The van der Waals surface area contributed by atoms with E-state index in [2.05, 4.69) is 43.8 Å². The van der Waals surface area contributed by atoms with Gasteiger partial charge in [0.25, 0.3) is 11.6 Å². The molecule has 0 atom stereocenters. The molecule has 0 aliphatic heterocycles. The molecule has 3 aromatic carbocycles. The second kappa shape index (κ2) is 11.0. The van der Waals surface area contributed by atoms with Crippen LogP contribution in [0.15, 0.2) is 70.7 Å². The lowest BCUT2D eigenvalue weighted by atomic mass is 10.1. The smallest absolute Gasteiger partial charge is 0.269 e. The molecule has 0 radical (unpaired) electrons. The number of ether oxygens (including phenoxy) is 1. The highest BCUT2D eigenvalue weighted by atomic mass is 127. The Labute approximate surface area is 210 Å². The second-order valence-corrected chi connectivity index (χ2v) is 8.65. The number of benzene rings is 3. The van der Waals surface area contributed by atoms with E-state index in [1.54, 1.807) is 30.3 Å². The van der Waals surface area contributed by atoms with Crippen LogP contribution < -0.4 is 10.1 Å². The maximum atomic E-state index is 13.8. The summed E-state index contributed by atoms with van der Waals surface area (Å²) in [7, 11) is 0. The minimum Gasteiger partial charge on any atom is -0.487 e. The Balaban J connectivity index is 1.75. The molecule has 3 aromatic rings. The topological polar surface area (TPSA) is 105 Å². The summed E-state index contributed by atoms with van der Waals surface area (Å²) in [4.78, 5) is 22.7. The molecule has 0 aliphatic carbocycles. The van der Waals surface area contributed by atoms with E-state index in [4.69, 9.17) is 4.74 Å². The van der Waals surface area contributed by atoms with Crippen molar-refractivity contribution in [1.29, 1.82) is 5.26 Å². The van der Waals surface area contributed by atoms with Gasteiger partial charge in [-0.2, -0.15) is 5.26 Å². The number of carbonyl (C=O) groups is 1. The van der Waals surface area contributed by atoms with Crippen molar-refractivity contribution < 1.29 is 18.8 Å². The predicted molar refractivity (Wildman–Crippen MR) is 133 cm³/mol. The molecule has 0 saturated carbocycles. The highest BCUT2D eigenvalue weighted by molar-refractivity contribution is 14.1. The third kappa shape index (κ3) is 6.36. The third-order valence-corrected chi connectivity index (χ3v) is 5.74. The van der Waals surface area contributed by atoms with Crippen molar-refractivity contribution in [3.05, 3.63) is 101 Å². The largest absolute Gasteiger partial charge is 0.487 e.